The highest BCUT2D eigenvalue weighted by atomic mass is 32.1. The normalized spacial score (nSPS) is 12.0. The number of hydrogen-bond donors (Lipinski definition) is 3. The molecule has 3 N–H and O–H groups in total. The van der Waals surface area contributed by atoms with E-state index in [1.54, 1.807) is 0 Å². The molecule has 2 heterocycles. The molecule has 0 saturated heterocycles. The Morgan fingerprint density at radius 3 is 2.95 bits per heavy atom. The summed E-state index contributed by atoms with van der Waals surface area (Å²) in [7, 11) is 0. The van der Waals surface area contributed by atoms with Gasteiger partial charge in [0.25, 0.3) is 0 Å². The van der Waals surface area contributed by atoms with Crippen molar-refractivity contribution in [2.75, 3.05) is 6.54 Å². The third-order valence-corrected chi connectivity index (χ3v) is 3.37. The van der Waals surface area contributed by atoms with Crippen LogP contribution in [0.3, 0.4) is 0 Å². The van der Waals surface area contributed by atoms with Crippen LogP contribution < -0.4 is 5.32 Å². The van der Waals surface area contributed by atoms with E-state index in [9.17, 15) is 9.59 Å². The van der Waals surface area contributed by atoms with Crippen LogP contribution in [0.15, 0.2) is 17.5 Å². The van der Waals surface area contributed by atoms with Gasteiger partial charge in [-0.1, -0.05) is 6.07 Å². The Balaban J connectivity index is 1.79. The number of aliphatic carboxylic acids is 1. The minimum atomic E-state index is -1.49. The van der Waals surface area contributed by atoms with Crippen LogP contribution in [0, 0.1) is 0 Å². The molecule has 0 saturated carbocycles. The molecule has 0 unspecified atom stereocenters. The van der Waals surface area contributed by atoms with Gasteiger partial charge in [0.1, 0.15) is 6.54 Å². The number of carboxylic acids is 1. The lowest BCUT2D eigenvalue weighted by Crippen LogP contribution is -2.32. The fraction of sp³-hybridized carbons (Fsp3) is 0.364. The predicted octanol–water partition coefficient (Wildman–Crippen LogP) is -0.647. The molecule has 0 radical (unpaired) electrons. The van der Waals surface area contributed by atoms with Gasteiger partial charge in [-0.25, -0.2) is 4.79 Å². The second-order valence-corrected chi connectivity index (χ2v) is 5.06. The van der Waals surface area contributed by atoms with E-state index < -0.39 is 12.1 Å². The first-order valence-electron chi connectivity index (χ1n) is 6.05. The quantitative estimate of drug-likeness (QED) is 0.619. The maximum absolute atomic E-state index is 11.6. The van der Waals surface area contributed by atoms with Gasteiger partial charge in [0.2, 0.25) is 11.7 Å². The number of carbonyl (C=O) groups is 2. The first-order valence-corrected chi connectivity index (χ1v) is 6.93. The Bertz CT molecular complexity index is 612. The van der Waals surface area contributed by atoms with Crippen molar-refractivity contribution in [2.45, 2.75) is 19.1 Å². The van der Waals surface area contributed by atoms with Gasteiger partial charge in [0.15, 0.2) is 6.10 Å². The fourth-order valence-corrected chi connectivity index (χ4v) is 2.12. The molecule has 1 amide bonds. The lowest BCUT2D eigenvalue weighted by molar-refractivity contribution is -0.147. The minimum absolute atomic E-state index is 0.0543. The maximum atomic E-state index is 11.6. The second-order valence-electron chi connectivity index (χ2n) is 4.11. The number of amides is 1. The Kier molecular flexibility index (Phi) is 4.95. The molecule has 21 heavy (non-hydrogen) atoms. The summed E-state index contributed by atoms with van der Waals surface area (Å²) >= 11 is 1.47. The average molecular weight is 311 g/mol. The third-order valence-electron chi connectivity index (χ3n) is 2.50. The summed E-state index contributed by atoms with van der Waals surface area (Å²) in [6.07, 6.45) is -1.55. The van der Waals surface area contributed by atoms with Crippen LogP contribution >= 0.6 is 11.3 Å². The summed E-state index contributed by atoms with van der Waals surface area (Å²) in [6, 6.07) is 3.71. The number of hydrogen-bond acceptors (Lipinski definition) is 7. The first-order chi connectivity index (χ1) is 10.1. The number of thiophene rings is 1. The second kappa shape index (κ2) is 6.90. The summed E-state index contributed by atoms with van der Waals surface area (Å²) in [5.41, 5.74) is 0. The van der Waals surface area contributed by atoms with Crippen LogP contribution in [-0.2, 0) is 16.1 Å². The molecule has 112 valence electrons. The zero-order valence-corrected chi connectivity index (χ0v) is 11.7. The molecular weight excluding hydrogens is 298 g/mol. The highest BCUT2D eigenvalue weighted by Crippen LogP contribution is 2.19. The Labute approximate surface area is 123 Å². The van der Waals surface area contributed by atoms with Crippen LogP contribution in [0.4, 0.5) is 0 Å². The number of tetrazole rings is 1. The van der Waals surface area contributed by atoms with Gasteiger partial charge in [0.05, 0.1) is 4.88 Å². The van der Waals surface area contributed by atoms with Crippen molar-refractivity contribution >= 4 is 23.2 Å². The monoisotopic (exact) mass is 311 g/mol. The summed E-state index contributed by atoms with van der Waals surface area (Å²) in [5, 5.41) is 33.6. The zero-order chi connectivity index (χ0) is 15.2. The van der Waals surface area contributed by atoms with Gasteiger partial charge < -0.3 is 15.5 Å². The number of aromatic nitrogens is 4. The van der Waals surface area contributed by atoms with Crippen LogP contribution in [-0.4, -0.2) is 54.9 Å². The highest BCUT2D eigenvalue weighted by Gasteiger charge is 2.14. The molecule has 0 bridgehead atoms. The van der Waals surface area contributed by atoms with Crippen molar-refractivity contribution in [3.05, 3.63) is 17.5 Å². The fourth-order valence-electron chi connectivity index (χ4n) is 1.47. The highest BCUT2D eigenvalue weighted by molar-refractivity contribution is 7.13. The van der Waals surface area contributed by atoms with E-state index in [2.05, 4.69) is 20.7 Å². The molecule has 0 aliphatic heterocycles. The Morgan fingerprint density at radius 1 is 1.48 bits per heavy atom. The largest absolute Gasteiger partial charge is 0.479 e. The molecule has 1 atom stereocenters. The van der Waals surface area contributed by atoms with Gasteiger partial charge in [-0.3, -0.25) is 4.79 Å². The van der Waals surface area contributed by atoms with E-state index in [0.29, 0.717) is 5.82 Å². The molecule has 2 rings (SSSR count). The molecule has 0 aliphatic rings. The van der Waals surface area contributed by atoms with Crippen molar-refractivity contribution in [3.63, 3.8) is 0 Å². The van der Waals surface area contributed by atoms with Crippen molar-refractivity contribution in [2.24, 2.45) is 0 Å². The lowest BCUT2D eigenvalue weighted by atomic mass is 10.2. The van der Waals surface area contributed by atoms with E-state index in [-0.39, 0.29) is 25.4 Å². The third kappa shape index (κ3) is 4.33. The van der Waals surface area contributed by atoms with Crippen molar-refractivity contribution in [1.82, 2.24) is 25.5 Å². The van der Waals surface area contributed by atoms with Gasteiger partial charge in [-0.2, -0.15) is 4.80 Å². The smallest absolute Gasteiger partial charge is 0.332 e. The van der Waals surface area contributed by atoms with E-state index in [1.807, 2.05) is 17.5 Å². The molecule has 2 aromatic rings. The minimum Gasteiger partial charge on any atom is -0.479 e. The number of aliphatic hydroxyl groups excluding tert-OH is 1. The van der Waals surface area contributed by atoms with Gasteiger partial charge in [-0.15, -0.1) is 21.5 Å². The maximum Gasteiger partial charge on any atom is 0.332 e. The number of nitrogens with zero attached hydrogens (tertiary/aromatic N) is 4. The van der Waals surface area contributed by atoms with E-state index in [0.717, 1.165) is 9.67 Å². The summed E-state index contributed by atoms with van der Waals surface area (Å²) in [5.74, 6) is -1.26. The van der Waals surface area contributed by atoms with Crippen molar-refractivity contribution in [1.29, 1.82) is 0 Å². The van der Waals surface area contributed by atoms with Crippen LogP contribution in [0.5, 0.6) is 0 Å². The Hall–Kier alpha value is -2.33. The molecule has 2 aromatic heterocycles. The van der Waals surface area contributed by atoms with Crippen LogP contribution in [0.25, 0.3) is 10.7 Å². The number of aliphatic hydroxyl groups is 1. The SMILES string of the molecule is O=C(Cn1nnc(-c2cccs2)n1)NCC[C@H](O)C(=O)O. The predicted molar refractivity (Wildman–Crippen MR) is 72.4 cm³/mol. The first kappa shape index (κ1) is 15.1. The molecular formula is C11H13N5O4S. The average Bonchev–Trinajstić information content (AvgIpc) is 3.08. The molecule has 0 aromatic carbocycles. The van der Waals surface area contributed by atoms with Gasteiger partial charge >= 0.3 is 5.97 Å². The molecule has 10 heteroatoms. The van der Waals surface area contributed by atoms with Crippen LogP contribution in [0.1, 0.15) is 6.42 Å². The van der Waals surface area contributed by atoms with E-state index >= 15 is 0 Å². The lowest BCUT2D eigenvalue weighted by Gasteiger charge is -2.06. The number of carboxylic acid groups (broad SMARTS) is 1. The molecule has 0 aliphatic carbocycles. The van der Waals surface area contributed by atoms with E-state index in [4.69, 9.17) is 10.2 Å². The van der Waals surface area contributed by atoms with Gasteiger partial charge in [0, 0.05) is 13.0 Å². The summed E-state index contributed by atoms with van der Waals surface area (Å²) in [4.78, 5) is 24.0. The van der Waals surface area contributed by atoms with Gasteiger partial charge in [-0.05, 0) is 16.7 Å². The topological polar surface area (TPSA) is 130 Å². The molecule has 0 fully saturated rings. The molecule has 0 spiro atoms. The zero-order valence-electron chi connectivity index (χ0n) is 10.8. The summed E-state index contributed by atoms with van der Waals surface area (Å²) in [6.45, 7) is -0.0691. The molecule has 9 nitrogen and oxygen atoms in total. The Morgan fingerprint density at radius 2 is 2.29 bits per heavy atom. The standard InChI is InChI=1S/C11H13N5O4S/c17-7(11(19)20)3-4-12-9(18)6-16-14-10(13-15-16)8-2-1-5-21-8/h1-2,5,7,17H,3-4,6H2,(H,12,18)(H,19,20)/t7-/m0/s1. The number of nitrogens with one attached hydrogen (secondary N) is 1. The van der Waals surface area contributed by atoms with Crippen molar-refractivity contribution < 1.29 is 19.8 Å². The van der Waals surface area contributed by atoms with Crippen molar-refractivity contribution in [3.8, 4) is 10.7 Å². The number of carbonyl (C=O) groups excluding carboxylic acids is 1. The number of rotatable bonds is 7. The van der Waals surface area contributed by atoms with E-state index in [1.165, 1.54) is 11.3 Å². The summed E-state index contributed by atoms with van der Waals surface area (Å²) < 4.78 is 0. The van der Waals surface area contributed by atoms with Crippen LogP contribution in [0.2, 0.25) is 0 Å².